The number of nitrogens with one attached hydrogen (secondary N) is 1. The average Bonchev–Trinajstić information content (AvgIpc) is 2.24. The van der Waals surface area contributed by atoms with Gasteiger partial charge in [-0.3, -0.25) is 0 Å². The fraction of sp³-hybridized carbons (Fsp3) is 1.00. The summed E-state index contributed by atoms with van der Waals surface area (Å²) in [6.07, 6.45) is 7.25. The molecular formula is C12H23NO. The highest BCUT2D eigenvalue weighted by Crippen LogP contribution is 2.46. The predicted octanol–water partition coefficient (Wildman–Crippen LogP) is 2.19. The molecule has 1 aliphatic heterocycles. The van der Waals surface area contributed by atoms with Crippen molar-refractivity contribution in [3.8, 4) is 0 Å². The lowest BCUT2D eigenvalue weighted by Crippen LogP contribution is -2.46. The van der Waals surface area contributed by atoms with E-state index in [0.717, 1.165) is 5.92 Å². The van der Waals surface area contributed by atoms with Crippen molar-refractivity contribution in [2.45, 2.75) is 45.1 Å². The second-order valence-corrected chi connectivity index (χ2v) is 5.15. The summed E-state index contributed by atoms with van der Waals surface area (Å²) < 4.78 is 5.44. The highest BCUT2D eigenvalue weighted by molar-refractivity contribution is 4.93. The molecule has 1 heterocycles. The topological polar surface area (TPSA) is 21.3 Å². The summed E-state index contributed by atoms with van der Waals surface area (Å²) >= 11 is 0. The zero-order chi connectivity index (χ0) is 10.0. The molecule has 0 amide bonds. The van der Waals surface area contributed by atoms with E-state index in [9.17, 15) is 0 Å². The molecule has 2 rings (SSSR count). The first-order chi connectivity index (χ1) is 6.77. The Morgan fingerprint density at radius 1 is 1.21 bits per heavy atom. The smallest absolute Gasteiger partial charge is 0.0571 e. The molecule has 2 heteroatoms. The van der Waals surface area contributed by atoms with E-state index in [4.69, 9.17) is 4.74 Å². The second-order valence-electron chi connectivity index (χ2n) is 5.15. The fourth-order valence-corrected chi connectivity index (χ4v) is 3.26. The molecule has 0 aromatic heterocycles. The van der Waals surface area contributed by atoms with Gasteiger partial charge < -0.3 is 10.1 Å². The van der Waals surface area contributed by atoms with Gasteiger partial charge in [0.05, 0.1) is 6.10 Å². The van der Waals surface area contributed by atoms with Crippen molar-refractivity contribution in [1.82, 2.24) is 5.32 Å². The minimum atomic E-state index is 0.544. The van der Waals surface area contributed by atoms with Crippen LogP contribution in [-0.4, -0.2) is 26.3 Å². The van der Waals surface area contributed by atoms with Crippen LogP contribution in [0.2, 0.25) is 0 Å². The zero-order valence-electron chi connectivity index (χ0n) is 9.51. The summed E-state index contributed by atoms with van der Waals surface area (Å²) in [6, 6.07) is 0. The Bertz CT molecular complexity index is 185. The number of piperidine rings is 1. The lowest BCUT2D eigenvalue weighted by molar-refractivity contribution is -0.00898. The van der Waals surface area contributed by atoms with Crippen molar-refractivity contribution in [2.75, 3.05) is 20.2 Å². The molecule has 1 unspecified atom stereocenters. The number of hydrogen-bond donors (Lipinski definition) is 1. The number of rotatable bonds is 1. The van der Waals surface area contributed by atoms with E-state index in [1.807, 2.05) is 7.11 Å². The van der Waals surface area contributed by atoms with E-state index in [1.165, 1.54) is 45.2 Å². The normalized spacial score (nSPS) is 44.1. The predicted molar refractivity (Wildman–Crippen MR) is 58.3 cm³/mol. The molecule has 0 bridgehead atoms. The van der Waals surface area contributed by atoms with Crippen LogP contribution in [0, 0.1) is 11.3 Å². The lowest BCUT2D eigenvalue weighted by atomic mass is 9.62. The first kappa shape index (κ1) is 10.4. The molecule has 1 N–H and O–H groups in total. The van der Waals surface area contributed by atoms with Crippen LogP contribution < -0.4 is 5.32 Å². The monoisotopic (exact) mass is 197 g/mol. The van der Waals surface area contributed by atoms with Crippen LogP contribution in [0.15, 0.2) is 0 Å². The van der Waals surface area contributed by atoms with Gasteiger partial charge in [-0.1, -0.05) is 6.92 Å². The summed E-state index contributed by atoms with van der Waals surface area (Å²) in [5.74, 6) is 0.856. The summed E-state index contributed by atoms with van der Waals surface area (Å²) in [5, 5.41) is 3.50. The average molecular weight is 197 g/mol. The molecule has 1 atom stereocenters. The van der Waals surface area contributed by atoms with Crippen LogP contribution in [-0.2, 0) is 4.74 Å². The van der Waals surface area contributed by atoms with E-state index in [1.54, 1.807) is 0 Å². The Morgan fingerprint density at radius 3 is 2.50 bits per heavy atom. The Hall–Kier alpha value is -0.0800. The van der Waals surface area contributed by atoms with Gasteiger partial charge in [0.25, 0.3) is 0 Å². The summed E-state index contributed by atoms with van der Waals surface area (Å²) in [6.45, 7) is 4.86. The molecular weight excluding hydrogens is 174 g/mol. The van der Waals surface area contributed by atoms with Gasteiger partial charge in [0.1, 0.15) is 0 Å². The first-order valence-corrected chi connectivity index (χ1v) is 6.00. The SMILES string of the molecule is COC1CCC2(CCNCC2C)CC1. The minimum Gasteiger partial charge on any atom is -0.381 e. The van der Waals surface area contributed by atoms with Crippen molar-refractivity contribution in [2.24, 2.45) is 11.3 Å². The van der Waals surface area contributed by atoms with Crippen molar-refractivity contribution in [3.63, 3.8) is 0 Å². The molecule has 0 aromatic carbocycles. The Morgan fingerprint density at radius 2 is 1.93 bits per heavy atom. The maximum atomic E-state index is 5.44. The van der Waals surface area contributed by atoms with Gasteiger partial charge in [0, 0.05) is 7.11 Å². The molecule has 1 saturated carbocycles. The Balaban J connectivity index is 1.96. The molecule has 14 heavy (non-hydrogen) atoms. The molecule has 2 fully saturated rings. The highest BCUT2D eigenvalue weighted by Gasteiger charge is 2.40. The van der Waals surface area contributed by atoms with Crippen LogP contribution in [0.25, 0.3) is 0 Å². The van der Waals surface area contributed by atoms with Gasteiger partial charge >= 0.3 is 0 Å². The third-order valence-corrected chi connectivity index (χ3v) is 4.56. The third kappa shape index (κ3) is 1.82. The van der Waals surface area contributed by atoms with Crippen LogP contribution in [0.4, 0.5) is 0 Å². The minimum absolute atomic E-state index is 0.544. The Labute approximate surface area is 87.4 Å². The Kier molecular flexibility index (Phi) is 3.13. The first-order valence-electron chi connectivity index (χ1n) is 6.00. The summed E-state index contributed by atoms with van der Waals surface area (Å²) in [4.78, 5) is 0. The highest BCUT2D eigenvalue weighted by atomic mass is 16.5. The van der Waals surface area contributed by atoms with E-state index in [2.05, 4.69) is 12.2 Å². The van der Waals surface area contributed by atoms with E-state index >= 15 is 0 Å². The van der Waals surface area contributed by atoms with Crippen LogP contribution in [0.1, 0.15) is 39.0 Å². The summed E-state index contributed by atoms with van der Waals surface area (Å²) in [7, 11) is 1.86. The maximum absolute atomic E-state index is 5.44. The van der Waals surface area contributed by atoms with Crippen molar-refractivity contribution in [1.29, 1.82) is 0 Å². The number of hydrogen-bond acceptors (Lipinski definition) is 2. The maximum Gasteiger partial charge on any atom is 0.0571 e. The second kappa shape index (κ2) is 4.19. The van der Waals surface area contributed by atoms with Crippen LogP contribution >= 0.6 is 0 Å². The van der Waals surface area contributed by atoms with Crippen molar-refractivity contribution >= 4 is 0 Å². The molecule has 0 aromatic rings. The fourth-order valence-electron chi connectivity index (χ4n) is 3.26. The number of ether oxygens (including phenoxy) is 1. The molecule has 2 aliphatic rings. The standard InChI is InChI=1S/C12H23NO/c1-10-9-13-8-7-12(10)5-3-11(14-2)4-6-12/h10-11,13H,3-9H2,1-2H3. The molecule has 82 valence electrons. The van der Waals surface area contributed by atoms with Gasteiger partial charge in [-0.25, -0.2) is 0 Å². The van der Waals surface area contributed by atoms with E-state index < -0.39 is 0 Å². The molecule has 0 radical (unpaired) electrons. The third-order valence-electron chi connectivity index (χ3n) is 4.56. The molecule has 2 nitrogen and oxygen atoms in total. The molecule has 1 saturated heterocycles. The van der Waals surface area contributed by atoms with Crippen LogP contribution in [0.3, 0.4) is 0 Å². The van der Waals surface area contributed by atoms with E-state index in [0.29, 0.717) is 11.5 Å². The molecule has 1 spiro atoms. The van der Waals surface area contributed by atoms with E-state index in [-0.39, 0.29) is 0 Å². The lowest BCUT2D eigenvalue weighted by Gasteiger charge is -2.47. The van der Waals surface area contributed by atoms with Gasteiger partial charge in [0.2, 0.25) is 0 Å². The number of methoxy groups -OCH3 is 1. The van der Waals surface area contributed by atoms with Crippen molar-refractivity contribution < 1.29 is 4.74 Å². The quantitative estimate of drug-likeness (QED) is 0.696. The molecule has 1 aliphatic carbocycles. The zero-order valence-corrected chi connectivity index (χ0v) is 9.51. The largest absolute Gasteiger partial charge is 0.381 e. The van der Waals surface area contributed by atoms with Gasteiger partial charge in [0.15, 0.2) is 0 Å². The van der Waals surface area contributed by atoms with Gasteiger partial charge in [-0.15, -0.1) is 0 Å². The van der Waals surface area contributed by atoms with Gasteiger partial charge in [-0.2, -0.15) is 0 Å². The summed E-state index contributed by atoms with van der Waals surface area (Å²) in [5.41, 5.74) is 0.653. The van der Waals surface area contributed by atoms with Crippen LogP contribution in [0.5, 0.6) is 0 Å². The van der Waals surface area contributed by atoms with Crippen molar-refractivity contribution in [3.05, 3.63) is 0 Å². The van der Waals surface area contributed by atoms with Gasteiger partial charge in [-0.05, 0) is 56.5 Å².